The molecule has 0 aromatic carbocycles. The maximum atomic E-state index is 14.4. The molecule has 0 aliphatic carbocycles. The van der Waals surface area contributed by atoms with Gasteiger partial charge in [-0.2, -0.15) is 47.9 Å². The number of rotatable bonds is 9. The second-order valence-electron chi connectivity index (χ2n) is 9.61. The highest BCUT2D eigenvalue weighted by Crippen LogP contribution is 2.55. The SMILES string of the molecule is CCOC(=O)c1oc2cnc(NC3CC4CCC(C3)N4C)cc2c1OS(=O)(=O)C(F)(F)C(F)(F)C(F)(F)C(F)(F)F. The number of esters is 1. The highest BCUT2D eigenvalue weighted by atomic mass is 32.2. The summed E-state index contributed by atoms with van der Waals surface area (Å²) in [5, 5.41) is -4.74. The average molecular weight is 627 g/mol. The molecule has 0 saturated carbocycles. The molecule has 4 rings (SSSR count). The van der Waals surface area contributed by atoms with Crippen molar-refractivity contribution in [1.29, 1.82) is 0 Å². The number of nitrogens with one attached hydrogen (secondary N) is 1. The number of nitrogens with zero attached hydrogens (tertiary/aromatic N) is 2. The van der Waals surface area contributed by atoms with Crippen molar-refractivity contribution in [2.45, 2.75) is 74.0 Å². The summed E-state index contributed by atoms with van der Waals surface area (Å²) in [6.45, 7) is 0.877. The molecule has 2 unspecified atom stereocenters. The minimum absolute atomic E-state index is 0.0226. The van der Waals surface area contributed by atoms with Gasteiger partial charge >= 0.3 is 39.4 Å². The van der Waals surface area contributed by atoms with Crippen molar-refractivity contribution in [3.05, 3.63) is 18.0 Å². The zero-order valence-electron chi connectivity index (χ0n) is 21.1. The predicted molar refractivity (Wildman–Crippen MR) is 122 cm³/mol. The summed E-state index contributed by atoms with van der Waals surface area (Å²) >= 11 is 0. The number of hydrogen-bond donors (Lipinski definition) is 1. The Morgan fingerprint density at radius 2 is 1.66 bits per heavy atom. The maximum absolute atomic E-state index is 14.4. The highest BCUT2D eigenvalue weighted by molar-refractivity contribution is 7.88. The van der Waals surface area contributed by atoms with Gasteiger partial charge in [0.05, 0.1) is 18.2 Å². The van der Waals surface area contributed by atoms with Crippen molar-refractivity contribution in [2.75, 3.05) is 19.0 Å². The minimum Gasteiger partial charge on any atom is -0.460 e. The summed E-state index contributed by atoms with van der Waals surface area (Å²) in [6.07, 6.45) is -3.16. The van der Waals surface area contributed by atoms with E-state index in [4.69, 9.17) is 4.42 Å². The van der Waals surface area contributed by atoms with Gasteiger partial charge in [0.15, 0.2) is 5.58 Å². The molecule has 0 spiro atoms. The van der Waals surface area contributed by atoms with Gasteiger partial charge in [-0.05, 0) is 45.7 Å². The number of aromatic nitrogens is 1. The van der Waals surface area contributed by atoms with Gasteiger partial charge in [-0.25, -0.2) is 9.78 Å². The largest absolute Gasteiger partial charge is 0.460 e. The Labute approximate surface area is 226 Å². The second-order valence-corrected chi connectivity index (χ2v) is 11.2. The molecule has 2 aliphatic heterocycles. The second kappa shape index (κ2) is 10.1. The van der Waals surface area contributed by atoms with E-state index in [9.17, 15) is 52.7 Å². The number of carbonyl (C=O) groups excluding carboxylic acids is 1. The molecule has 4 heterocycles. The Morgan fingerprint density at radius 1 is 1.07 bits per heavy atom. The van der Waals surface area contributed by atoms with E-state index in [0.29, 0.717) is 12.8 Å². The van der Waals surface area contributed by atoms with Crippen LogP contribution in [0.3, 0.4) is 0 Å². The Morgan fingerprint density at radius 3 is 2.20 bits per heavy atom. The molecule has 2 saturated heterocycles. The van der Waals surface area contributed by atoms with Crippen LogP contribution in [0.2, 0.25) is 0 Å². The lowest BCUT2D eigenvalue weighted by Crippen LogP contribution is -2.63. The first-order valence-corrected chi connectivity index (χ1v) is 13.4. The lowest BCUT2D eigenvalue weighted by atomic mass is 9.98. The molecule has 19 heteroatoms. The zero-order valence-corrected chi connectivity index (χ0v) is 21.9. The molecular formula is C22H22F9N3O6S. The van der Waals surface area contributed by atoms with Crippen LogP contribution in [0, 0.1) is 0 Å². The fraction of sp³-hybridized carbons (Fsp3) is 0.636. The Balaban J connectivity index is 1.74. The number of furan rings is 1. The highest BCUT2D eigenvalue weighted by Gasteiger charge is 2.86. The van der Waals surface area contributed by atoms with Crippen LogP contribution < -0.4 is 9.50 Å². The Bertz CT molecular complexity index is 1420. The number of piperidine rings is 1. The minimum atomic E-state index is -7.54. The van der Waals surface area contributed by atoms with E-state index >= 15 is 0 Å². The standard InChI is InChI=1S/C22H22F9N3O6S/c1-3-38-18(35)17-16(40-41(36,37)22(30,31)20(25,26)19(23,24)21(27,28)29)13-8-15(32-9-14(13)39-17)33-10-6-11-4-5-12(7-10)34(11)2/h8-12H,3-7H2,1-2H3,(H,32,33). The van der Waals surface area contributed by atoms with Crippen LogP contribution in [-0.2, 0) is 14.9 Å². The Kier molecular flexibility index (Phi) is 7.63. The van der Waals surface area contributed by atoms with Crippen molar-refractivity contribution < 1.29 is 66.1 Å². The third-order valence-electron chi connectivity index (χ3n) is 7.06. The van der Waals surface area contributed by atoms with Gasteiger partial charge < -0.3 is 23.6 Å². The van der Waals surface area contributed by atoms with Gasteiger partial charge in [-0.3, -0.25) is 0 Å². The molecule has 2 fully saturated rings. The van der Waals surface area contributed by atoms with Gasteiger partial charge in [-0.15, -0.1) is 0 Å². The number of alkyl halides is 9. The van der Waals surface area contributed by atoms with Crippen molar-refractivity contribution in [1.82, 2.24) is 9.88 Å². The third-order valence-corrected chi connectivity index (χ3v) is 8.33. The van der Waals surface area contributed by atoms with Crippen LogP contribution in [0.25, 0.3) is 11.0 Å². The molecule has 2 aliphatic rings. The van der Waals surface area contributed by atoms with Crippen molar-refractivity contribution in [3.8, 4) is 5.75 Å². The number of pyridine rings is 1. The van der Waals surface area contributed by atoms with Crippen LogP contribution in [0.4, 0.5) is 45.3 Å². The smallest absolute Gasteiger partial charge is 0.460 e. The van der Waals surface area contributed by atoms with Crippen molar-refractivity contribution >= 4 is 32.9 Å². The molecule has 2 bridgehead atoms. The zero-order chi connectivity index (χ0) is 30.8. The summed E-state index contributed by atoms with van der Waals surface area (Å²) < 4.78 is 159. The van der Waals surface area contributed by atoms with Crippen LogP contribution in [-0.4, -0.2) is 79.3 Å². The Hall–Kier alpha value is -2.96. The van der Waals surface area contributed by atoms with Gasteiger partial charge in [0.2, 0.25) is 5.75 Å². The van der Waals surface area contributed by atoms with Crippen LogP contribution in [0.15, 0.2) is 16.7 Å². The maximum Gasteiger partial charge on any atom is 0.460 e. The topological polar surface area (TPSA) is 111 Å². The molecule has 9 nitrogen and oxygen atoms in total. The van der Waals surface area contributed by atoms with E-state index in [2.05, 4.69) is 24.1 Å². The van der Waals surface area contributed by atoms with Crippen molar-refractivity contribution in [3.63, 3.8) is 0 Å². The molecule has 2 aromatic rings. The number of fused-ring (bicyclic) bond motifs is 3. The normalized spacial score (nSPS) is 22.7. The van der Waals surface area contributed by atoms with E-state index in [1.807, 2.05) is 7.05 Å². The molecule has 41 heavy (non-hydrogen) atoms. The predicted octanol–water partition coefficient (Wildman–Crippen LogP) is 5.18. The first-order chi connectivity index (χ1) is 18.7. The van der Waals surface area contributed by atoms with E-state index < -0.39 is 68.4 Å². The van der Waals surface area contributed by atoms with E-state index in [1.54, 1.807) is 0 Å². The third kappa shape index (κ3) is 5.03. The van der Waals surface area contributed by atoms with Gasteiger partial charge in [-0.1, -0.05) is 0 Å². The molecule has 0 radical (unpaired) electrons. The van der Waals surface area contributed by atoms with Crippen LogP contribution in [0.1, 0.15) is 43.2 Å². The molecular weight excluding hydrogens is 605 g/mol. The van der Waals surface area contributed by atoms with Crippen LogP contribution in [0.5, 0.6) is 5.75 Å². The summed E-state index contributed by atoms with van der Waals surface area (Å²) in [6, 6.07) is 1.29. The summed E-state index contributed by atoms with van der Waals surface area (Å²) in [5.74, 6) is -19.4. The number of hydrogen-bond acceptors (Lipinski definition) is 9. The number of anilines is 1. The van der Waals surface area contributed by atoms with E-state index in [-0.39, 0.29) is 23.9 Å². The fourth-order valence-corrected chi connectivity index (χ4v) is 5.82. The monoisotopic (exact) mass is 627 g/mol. The van der Waals surface area contributed by atoms with Gasteiger partial charge in [0.1, 0.15) is 5.82 Å². The summed E-state index contributed by atoms with van der Waals surface area (Å²) in [7, 11) is -5.40. The lowest BCUT2D eigenvalue weighted by Gasteiger charge is -2.36. The number of carbonyl (C=O) groups is 1. The molecule has 2 aromatic heterocycles. The van der Waals surface area contributed by atoms with E-state index in [1.165, 1.54) is 6.92 Å². The molecule has 0 amide bonds. The molecule has 1 N–H and O–H groups in total. The van der Waals surface area contributed by atoms with Gasteiger partial charge in [0.25, 0.3) is 5.76 Å². The van der Waals surface area contributed by atoms with Gasteiger partial charge in [0, 0.05) is 18.1 Å². The van der Waals surface area contributed by atoms with Crippen molar-refractivity contribution in [2.24, 2.45) is 0 Å². The number of ether oxygens (including phenoxy) is 1. The average Bonchev–Trinajstić information content (AvgIpc) is 3.28. The van der Waals surface area contributed by atoms with Crippen LogP contribution >= 0.6 is 0 Å². The number of halogens is 9. The quantitative estimate of drug-likeness (QED) is 0.229. The molecule has 2 atom stereocenters. The fourth-order valence-electron chi connectivity index (χ4n) is 4.89. The summed E-state index contributed by atoms with van der Waals surface area (Å²) in [4.78, 5) is 18.6. The summed E-state index contributed by atoms with van der Waals surface area (Å²) in [5.41, 5.74) is -0.511. The first-order valence-electron chi connectivity index (χ1n) is 12.0. The molecule has 230 valence electrons. The van der Waals surface area contributed by atoms with E-state index in [0.717, 1.165) is 25.1 Å². The first kappa shape index (κ1) is 31.0. The lowest BCUT2D eigenvalue weighted by molar-refractivity contribution is -0.382.